The molecule has 3 aromatic carbocycles. The predicted octanol–water partition coefficient (Wildman–Crippen LogP) is 6.00. The molecule has 0 saturated carbocycles. The van der Waals surface area contributed by atoms with E-state index in [2.05, 4.69) is 23.7 Å². The first-order chi connectivity index (χ1) is 22.2. The quantitative estimate of drug-likeness (QED) is 0.191. The Balaban J connectivity index is 1.65. The Morgan fingerprint density at radius 2 is 1.78 bits per heavy atom. The first-order valence-electron chi connectivity index (χ1n) is 15.3. The van der Waals surface area contributed by atoms with Crippen molar-refractivity contribution in [3.63, 3.8) is 0 Å². The number of ether oxygens (including phenoxy) is 2. The van der Waals surface area contributed by atoms with Gasteiger partial charge in [0.05, 0.1) is 37.0 Å². The van der Waals surface area contributed by atoms with Gasteiger partial charge in [0.25, 0.3) is 15.9 Å². The van der Waals surface area contributed by atoms with E-state index in [1.807, 2.05) is 23.1 Å². The Hall–Kier alpha value is -3.90. The highest BCUT2D eigenvalue weighted by Crippen LogP contribution is 2.56. The summed E-state index contributed by atoms with van der Waals surface area (Å²) in [4.78, 5) is 24.2. The van der Waals surface area contributed by atoms with Gasteiger partial charge in [0.1, 0.15) is 17.8 Å². The normalized spacial score (nSPS) is 20.0. The van der Waals surface area contributed by atoms with Crippen LogP contribution in [0.25, 0.3) is 0 Å². The molecule has 0 spiro atoms. The highest BCUT2D eigenvalue weighted by Gasteiger charge is 2.62. The molecular weight excluding hydrogens is 628 g/mol. The lowest BCUT2D eigenvalue weighted by atomic mass is 9.80. The molecule has 242 valence electrons. The number of nitrogens with zero attached hydrogens (tertiary/aromatic N) is 4. The summed E-state index contributed by atoms with van der Waals surface area (Å²) in [6, 6.07) is 16.4. The number of oxazole rings is 1. The van der Waals surface area contributed by atoms with Crippen LogP contribution in [0.3, 0.4) is 0 Å². The van der Waals surface area contributed by atoms with Gasteiger partial charge in [-0.15, -0.1) is 0 Å². The first kappa shape index (κ1) is 32.1. The van der Waals surface area contributed by atoms with Crippen LogP contribution in [0.5, 0.6) is 11.5 Å². The Bertz CT molecular complexity index is 1830. The number of sulfonamides is 1. The van der Waals surface area contributed by atoms with Gasteiger partial charge in [0.15, 0.2) is 5.54 Å². The molecule has 4 aromatic rings. The lowest BCUT2D eigenvalue weighted by Crippen LogP contribution is -2.54. The van der Waals surface area contributed by atoms with Gasteiger partial charge in [-0.2, -0.15) is 0 Å². The minimum Gasteiger partial charge on any atom is -0.497 e. The topological polar surface area (TPSA) is 105 Å². The monoisotopic (exact) mass is 664 g/mol. The summed E-state index contributed by atoms with van der Waals surface area (Å²) in [6.45, 7) is 7.00. The van der Waals surface area contributed by atoms with Gasteiger partial charge in [-0.1, -0.05) is 37.6 Å². The molecule has 0 radical (unpaired) electrons. The summed E-state index contributed by atoms with van der Waals surface area (Å²) >= 11 is 6.54. The number of amides is 1. The molecule has 1 aromatic heterocycles. The van der Waals surface area contributed by atoms with Gasteiger partial charge < -0.3 is 13.9 Å². The molecule has 0 N–H and O–H groups in total. The van der Waals surface area contributed by atoms with Crippen molar-refractivity contribution in [3.05, 3.63) is 101 Å². The lowest BCUT2D eigenvalue weighted by molar-refractivity contribution is -0.127. The summed E-state index contributed by atoms with van der Waals surface area (Å²) in [6.07, 6.45) is 4.48. The van der Waals surface area contributed by atoms with Crippen molar-refractivity contribution in [3.8, 4) is 11.5 Å². The van der Waals surface area contributed by atoms with E-state index in [0.29, 0.717) is 53.0 Å². The number of anilines is 1. The van der Waals surface area contributed by atoms with Gasteiger partial charge in [-0.05, 0) is 80.0 Å². The zero-order valence-corrected chi connectivity index (χ0v) is 27.8. The van der Waals surface area contributed by atoms with Crippen LogP contribution in [0.2, 0.25) is 5.02 Å². The average molecular weight is 665 g/mol. The van der Waals surface area contributed by atoms with Crippen LogP contribution in [0, 0.1) is 0 Å². The molecule has 2 unspecified atom stereocenters. The minimum absolute atomic E-state index is 0.0590. The molecule has 2 aliphatic heterocycles. The Labute approximate surface area is 274 Å². The number of carbonyl (C=O) groups is 1. The Morgan fingerprint density at radius 1 is 1.02 bits per heavy atom. The number of hydrogen-bond acceptors (Lipinski definition) is 9. The van der Waals surface area contributed by atoms with Crippen LogP contribution in [0.1, 0.15) is 55.3 Å². The van der Waals surface area contributed by atoms with E-state index in [4.69, 9.17) is 25.5 Å². The molecule has 2 aliphatic rings. The summed E-state index contributed by atoms with van der Waals surface area (Å²) in [5.74, 6) is 0.747. The second-order valence-electron chi connectivity index (χ2n) is 11.3. The van der Waals surface area contributed by atoms with Crippen molar-refractivity contribution in [2.75, 3.05) is 38.2 Å². The van der Waals surface area contributed by atoms with Crippen molar-refractivity contribution in [1.82, 2.24) is 14.8 Å². The van der Waals surface area contributed by atoms with E-state index in [0.717, 1.165) is 29.4 Å². The number of benzene rings is 3. The number of aromatic nitrogens is 1. The smallest absolute Gasteiger partial charge is 0.271 e. The third-order valence-corrected chi connectivity index (χ3v) is 11.0. The van der Waals surface area contributed by atoms with E-state index in [-0.39, 0.29) is 10.6 Å². The second-order valence-corrected chi connectivity index (χ2v) is 13.6. The van der Waals surface area contributed by atoms with Crippen molar-refractivity contribution < 1.29 is 27.1 Å². The maximum atomic E-state index is 15.5. The summed E-state index contributed by atoms with van der Waals surface area (Å²) in [5, 5.41) is 0.296. The number of rotatable bonds is 11. The summed E-state index contributed by atoms with van der Waals surface area (Å²) in [5.41, 5.74) is 0.544. The molecule has 1 fully saturated rings. The molecular formula is C34H37ClN4O6S. The van der Waals surface area contributed by atoms with Gasteiger partial charge in [0.2, 0.25) is 5.89 Å². The zero-order valence-electron chi connectivity index (χ0n) is 26.3. The molecule has 10 nitrogen and oxygen atoms in total. The van der Waals surface area contributed by atoms with Gasteiger partial charge in [-0.25, -0.2) is 17.7 Å². The van der Waals surface area contributed by atoms with E-state index >= 15 is 4.79 Å². The number of methoxy groups -OCH3 is 2. The van der Waals surface area contributed by atoms with Crippen LogP contribution in [0.15, 0.2) is 82.4 Å². The molecule has 46 heavy (non-hydrogen) atoms. The third-order valence-electron chi connectivity index (χ3n) is 9.03. The summed E-state index contributed by atoms with van der Waals surface area (Å²) < 4.78 is 47.0. The molecule has 2 atom stereocenters. The van der Waals surface area contributed by atoms with Crippen LogP contribution in [-0.2, 0) is 26.9 Å². The number of carbonyl (C=O) groups excluding carboxylic acids is 1. The molecule has 1 saturated heterocycles. The van der Waals surface area contributed by atoms with Crippen molar-refractivity contribution in [2.24, 2.45) is 0 Å². The van der Waals surface area contributed by atoms with E-state index in [1.165, 1.54) is 25.5 Å². The second kappa shape index (κ2) is 12.7. The minimum atomic E-state index is -4.42. The maximum absolute atomic E-state index is 15.5. The highest BCUT2D eigenvalue weighted by molar-refractivity contribution is 7.93. The number of likely N-dealkylation sites (tertiary alicyclic amines) is 1. The van der Waals surface area contributed by atoms with E-state index in [9.17, 15) is 8.42 Å². The van der Waals surface area contributed by atoms with E-state index < -0.39 is 27.5 Å². The summed E-state index contributed by atoms with van der Waals surface area (Å²) in [7, 11) is -1.37. The molecule has 3 heterocycles. The van der Waals surface area contributed by atoms with Gasteiger partial charge in [-0.3, -0.25) is 14.6 Å². The predicted molar refractivity (Wildman–Crippen MR) is 175 cm³/mol. The van der Waals surface area contributed by atoms with Crippen LogP contribution in [0.4, 0.5) is 5.69 Å². The van der Waals surface area contributed by atoms with Crippen molar-refractivity contribution in [1.29, 1.82) is 0 Å². The van der Waals surface area contributed by atoms with Crippen LogP contribution in [-0.4, -0.2) is 63.0 Å². The average Bonchev–Trinajstić information content (AvgIpc) is 3.82. The zero-order chi connectivity index (χ0) is 32.6. The molecule has 0 aliphatic carbocycles. The number of hydrogen-bond donors (Lipinski definition) is 0. The van der Waals surface area contributed by atoms with Gasteiger partial charge >= 0.3 is 0 Å². The standard InChI is InChI=1S/C34H37ClN4O6S/c1-5-37(6-2)22-23-9-16-31(44-4)28(20-23)34(38-18-7-8-29(38)32-36-17-19-45-32)27-15-10-24(35)21-30(27)39(33(34)40)46(41,42)26-13-11-25(43-3)12-14-26/h9-17,19-21,29H,5-8,18,22H2,1-4H3. The maximum Gasteiger partial charge on any atom is 0.271 e. The van der Waals surface area contributed by atoms with E-state index in [1.54, 1.807) is 43.6 Å². The fourth-order valence-electron chi connectivity index (χ4n) is 6.80. The molecule has 0 bridgehead atoms. The lowest BCUT2D eigenvalue weighted by Gasteiger charge is -2.41. The molecule has 12 heteroatoms. The van der Waals surface area contributed by atoms with Crippen molar-refractivity contribution >= 4 is 33.2 Å². The fraction of sp³-hybridized carbons (Fsp3) is 0.353. The third kappa shape index (κ3) is 5.15. The van der Waals surface area contributed by atoms with Crippen molar-refractivity contribution in [2.45, 2.75) is 49.7 Å². The molecule has 6 rings (SSSR count). The van der Waals surface area contributed by atoms with Gasteiger partial charge in [0, 0.05) is 29.2 Å². The number of halogens is 1. The highest BCUT2D eigenvalue weighted by atomic mass is 35.5. The Morgan fingerprint density at radius 3 is 2.43 bits per heavy atom. The van der Waals surface area contributed by atoms with Crippen LogP contribution < -0.4 is 13.8 Å². The fourth-order valence-corrected chi connectivity index (χ4v) is 8.42. The number of fused-ring (bicyclic) bond motifs is 1. The largest absolute Gasteiger partial charge is 0.497 e. The Kier molecular flexibility index (Phi) is 8.86. The molecule has 1 amide bonds. The SMILES string of the molecule is CCN(CC)Cc1ccc(OC)c(C2(N3CCCC3c3ncco3)C(=O)N(S(=O)(=O)c3ccc(OC)cc3)c3cc(Cl)ccc32)c1. The van der Waals surface area contributed by atoms with Crippen LogP contribution >= 0.6 is 11.6 Å². The first-order valence-corrected chi connectivity index (χ1v) is 17.1.